The fourth-order valence-corrected chi connectivity index (χ4v) is 1.68. The van der Waals surface area contributed by atoms with Gasteiger partial charge in [0.1, 0.15) is 0 Å². The largest absolute Gasteiger partial charge is 0.466 e. The highest BCUT2D eigenvalue weighted by molar-refractivity contribution is 5.81. The molecular formula is C11H19NO3. The Hall–Kier alpha value is -1.06. The Bertz CT molecular complexity index is 246. The van der Waals surface area contributed by atoms with E-state index in [-0.39, 0.29) is 30.3 Å². The molecular weight excluding hydrogens is 194 g/mol. The molecule has 0 aromatic heterocycles. The van der Waals surface area contributed by atoms with Crippen LogP contribution in [0, 0.1) is 0 Å². The number of esters is 1. The van der Waals surface area contributed by atoms with Gasteiger partial charge in [-0.2, -0.15) is 0 Å². The van der Waals surface area contributed by atoms with E-state index in [1.165, 1.54) is 6.42 Å². The number of amides is 1. The van der Waals surface area contributed by atoms with Crippen LogP contribution in [0.1, 0.15) is 46.0 Å². The van der Waals surface area contributed by atoms with Crippen LogP contribution in [0.4, 0.5) is 0 Å². The number of carbonyl (C=O) groups excluding carboxylic acids is 2. The second-order valence-corrected chi connectivity index (χ2v) is 4.27. The Labute approximate surface area is 90.4 Å². The van der Waals surface area contributed by atoms with E-state index in [0.717, 1.165) is 12.8 Å². The van der Waals surface area contributed by atoms with Crippen LogP contribution in [-0.4, -0.2) is 24.0 Å². The average Bonchev–Trinajstić information content (AvgIpc) is 2.13. The predicted molar refractivity (Wildman–Crippen MR) is 56.3 cm³/mol. The van der Waals surface area contributed by atoms with Gasteiger partial charge in [0.05, 0.1) is 13.0 Å². The Morgan fingerprint density at radius 2 is 2.00 bits per heavy atom. The maximum atomic E-state index is 11.4. The van der Waals surface area contributed by atoms with Gasteiger partial charge in [0, 0.05) is 12.0 Å². The first-order valence-electron chi connectivity index (χ1n) is 5.52. The number of hydrogen-bond donors (Lipinski definition) is 1. The third kappa shape index (κ3) is 3.90. The summed E-state index contributed by atoms with van der Waals surface area (Å²) in [4.78, 5) is 22.4. The number of hydrogen-bond acceptors (Lipinski definition) is 3. The molecule has 0 atom stereocenters. The van der Waals surface area contributed by atoms with Crippen LogP contribution in [0.25, 0.3) is 0 Å². The first-order chi connectivity index (χ1) is 7.06. The first kappa shape index (κ1) is 12.0. The lowest BCUT2D eigenvalue weighted by Crippen LogP contribution is -2.50. The lowest BCUT2D eigenvalue weighted by molar-refractivity contribution is -0.144. The van der Waals surface area contributed by atoms with E-state index in [1.807, 2.05) is 6.92 Å². The van der Waals surface area contributed by atoms with Crippen LogP contribution < -0.4 is 5.32 Å². The molecule has 1 fully saturated rings. The minimum absolute atomic E-state index is 0.0221. The highest BCUT2D eigenvalue weighted by Gasteiger charge is 2.32. The van der Waals surface area contributed by atoms with Crippen LogP contribution >= 0.6 is 0 Å². The van der Waals surface area contributed by atoms with Crippen molar-refractivity contribution in [3.63, 3.8) is 0 Å². The summed E-state index contributed by atoms with van der Waals surface area (Å²) < 4.78 is 4.74. The van der Waals surface area contributed by atoms with Crippen LogP contribution in [0.15, 0.2) is 0 Å². The summed E-state index contributed by atoms with van der Waals surface area (Å²) in [5.41, 5.74) is -0.0221. The van der Waals surface area contributed by atoms with Crippen molar-refractivity contribution in [2.45, 2.75) is 51.5 Å². The molecule has 0 aromatic carbocycles. The van der Waals surface area contributed by atoms with Gasteiger partial charge < -0.3 is 10.1 Å². The van der Waals surface area contributed by atoms with Crippen molar-refractivity contribution in [2.24, 2.45) is 0 Å². The average molecular weight is 213 g/mol. The number of nitrogens with one attached hydrogen (secondary N) is 1. The van der Waals surface area contributed by atoms with Crippen molar-refractivity contribution in [1.82, 2.24) is 5.32 Å². The second-order valence-electron chi connectivity index (χ2n) is 4.27. The monoisotopic (exact) mass is 213 g/mol. The maximum absolute atomic E-state index is 11.4. The van der Waals surface area contributed by atoms with Crippen molar-refractivity contribution >= 4 is 11.9 Å². The first-order valence-corrected chi connectivity index (χ1v) is 5.52. The summed E-state index contributed by atoms with van der Waals surface area (Å²) in [7, 11) is 0. The van der Waals surface area contributed by atoms with Gasteiger partial charge >= 0.3 is 5.97 Å². The molecule has 1 amide bonds. The molecule has 4 heteroatoms. The van der Waals surface area contributed by atoms with Crippen LogP contribution in [0.5, 0.6) is 0 Å². The fraction of sp³-hybridized carbons (Fsp3) is 0.818. The molecule has 1 aliphatic carbocycles. The molecule has 1 aliphatic rings. The summed E-state index contributed by atoms with van der Waals surface area (Å²) in [5.74, 6) is -0.350. The van der Waals surface area contributed by atoms with Crippen molar-refractivity contribution < 1.29 is 14.3 Å². The quantitative estimate of drug-likeness (QED) is 0.702. The van der Waals surface area contributed by atoms with Gasteiger partial charge in [0.15, 0.2) is 0 Å². The summed E-state index contributed by atoms with van der Waals surface area (Å²) in [6.45, 7) is 4.17. The molecule has 1 N–H and O–H groups in total. The molecule has 0 bridgehead atoms. The Balaban J connectivity index is 2.16. The molecule has 0 radical (unpaired) electrons. The van der Waals surface area contributed by atoms with Gasteiger partial charge in [-0.1, -0.05) is 0 Å². The molecule has 1 rings (SSSR count). The SMILES string of the molecule is CCOC(=O)CCC(=O)NC1(C)CCC1. The number of rotatable bonds is 5. The molecule has 1 saturated carbocycles. The molecule has 15 heavy (non-hydrogen) atoms. The Kier molecular flexibility index (Phi) is 4.12. The summed E-state index contributed by atoms with van der Waals surface area (Å²) >= 11 is 0. The number of ether oxygens (including phenoxy) is 1. The molecule has 0 aromatic rings. The van der Waals surface area contributed by atoms with Gasteiger partial charge in [0.25, 0.3) is 0 Å². The zero-order valence-corrected chi connectivity index (χ0v) is 9.47. The lowest BCUT2D eigenvalue weighted by atomic mass is 9.78. The van der Waals surface area contributed by atoms with Gasteiger partial charge in [-0.3, -0.25) is 9.59 Å². The van der Waals surface area contributed by atoms with E-state index in [2.05, 4.69) is 5.32 Å². The summed E-state index contributed by atoms with van der Waals surface area (Å²) in [6, 6.07) is 0. The third-order valence-electron chi connectivity index (χ3n) is 2.76. The van der Waals surface area contributed by atoms with Crippen molar-refractivity contribution in [2.75, 3.05) is 6.61 Å². The van der Waals surface area contributed by atoms with E-state index in [1.54, 1.807) is 6.92 Å². The lowest BCUT2D eigenvalue weighted by Gasteiger charge is -2.39. The zero-order valence-electron chi connectivity index (χ0n) is 9.47. The van der Waals surface area contributed by atoms with Crippen LogP contribution in [0.3, 0.4) is 0 Å². The van der Waals surface area contributed by atoms with Gasteiger partial charge in [-0.15, -0.1) is 0 Å². The van der Waals surface area contributed by atoms with Crippen LogP contribution in [0.2, 0.25) is 0 Å². The minimum atomic E-state index is -0.300. The predicted octanol–water partition coefficient (Wildman–Crippen LogP) is 1.39. The standard InChI is InChI=1S/C11H19NO3/c1-3-15-10(14)6-5-9(13)12-11(2)7-4-8-11/h3-8H2,1-2H3,(H,12,13). The zero-order chi connectivity index (χ0) is 11.3. The van der Waals surface area contributed by atoms with Crippen molar-refractivity contribution in [1.29, 1.82) is 0 Å². The molecule has 0 unspecified atom stereocenters. The van der Waals surface area contributed by atoms with E-state index in [0.29, 0.717) is 6.61 Å². The summed E-state index contributed by atoms with van der Waals surface area (Å²) in [6.07, 6.45) is 3.66. The maximum Gasteiger partial charge on any atom is 0.306 e. The molecule has 0 spiro atoms. The van der Waals surface area contributed by atoms with Crippen molar-refractivity contribution in [3.05, 3.63) is 0 Å². The highest BCUT2D eigenvalue weighted by Crippen LogP contribution is 2.30. The van der Waals surface area contributed by atoms with Crippen LogP contribution in [-0.2, 0) is 14.3 Å². The topological polar surface area (TPSA) is 55.4 Å². The van der Waals surface area contributed by atoms with Gasteiger partial charge in [-0.05, 0) is 33.1 Å². The fourth-order valence-electron chi connectivity index (χ4n) is 1.68. The number of carbonyl (C=O) groups is 2. The molecule has 0 heterocycles. The third-order valence-corrected chi connectivity index (χ3v) is 2.76. The highest BCUT2D eigenvalue weighted by atomic mass is 16.5. The van der Waals surface area contributed by atoms with Crippen molar-refractivity contribution in [3.8, 4) is 0 Å². The smallest absolute Gasteiger partial charge is 0.306 e. The molecule has 86 valence electrons. The van der Waals surface area contributed by atoms with Gasteiger partial charge in [0.2, 0.25) is 5.91 Å². The van der Waals surface area contributed by atoms with Gasteiger partial charge in [-0.25, -0.2) is 0 Å². The van der Waals surface area contributed by atoms with E-state index in [9.17, 15) is 9.59 Å². The Morgan fingerprint density at radius 1 is 1.33 bits per heavy atom. The molecule has 4 nitrogen and oxygen atoms in total. The van der Waals surface area contributed by atoms with E-state index in [4.69, 9.17) is 4.74 Å². The normalized spacial score (nSPS) is 17.7. The molecule has 0 aliphatic heterocycles. The van der Waals surface area contributed by atoms with E-state index < -0.39 is 0 Å². The minimum Gasteiger partial charge on any atom is -0.466 e. The van der Waals surface area contributed by atoms with E-state index >= 15 is 0 Å². The molecule has 0 saturated heterocycles. The summed E-state index contributed by atoms with van der Waals surface area (Å²) in [5, 5.41) is 2.94. The second kappa shape index (κ2) is 5.14. The Morgan fingerprint density at radius 3 is 2.47 bits per heavy atom.